The Hall–Kier alpha value is -1.04. The summed E-state index contributed by atoms with van der Waals surface area (Å²) in [5.74, 6) is -0.835. The van der Waals surface area contributed by atoms with Gasteiger partial charge in [0.15, 0.2) is 0 Å². The van der Waals surface area contributed by atoms with Crippen LogP contribution in [0.3, 0.4) is 0 Å². The number of hydrogen-bond acceptors (Lipinski definition) is 2. The fourth-order valence-electron chi connectivity index (χ4n) is 1.54. The minimum Gasteiger partial charge on any atom is -0.481 e. The Morgan fingerprint density at radius 2 is 2.24 bits per heavy atom. The Kier molecular flexibility index (Phi) is 5.47. The van der Waals surface area contributed by atoms with Crippen molar-refractivity contribution in [2.75, 3.05) is 19.6 Å². The lowest BCUT2D eigenvalue weighted by atomic mass is 10.1. The van der Waals surface area contributed by atoms with E-state index in [-0.39, 0.29) is 12.5 Å². The molecule has 6 heteroatoms. The van der Waals surface area contributed by atoms with E-state index in [1.165, 1.54) is 5.57 Å². The molecule has 1 heterocycles. The third-order valence-corrected chi connectivity index (χ3v) is 3.61. The van der Waals surface area contributed by atoms with Crippen LogP contribution in [0.25, 0.3) is 0 Å². The van der Waals surface area contributed by atoms with Crippen molar-refractivity contribution in [1.82, 2.24) is 10.2 Å². The highest BCUT2D eigenvalue weighted by Gasteiger charge is 2.19. The first-order valence-corrected chi connectivity index (χ1v) is 6.38. The molecule has 0 aromatic rings. The molecule has 1 rings (SSSR count). The SMILES string of the molecule is CC1=C(Br)CN(C(=O)NCCCC(=O)O)CC1. The van der Waals surface area contributed by atoms with Crippen molar-refractivity contribution in [3.8, 4) is 0 Å². The largest absolute Gasteiger partial charge is 0.481 e. The zero-order chi connectivity index (χ0) is 12.8. The summed E-state index contributed by atoms with van der Waals surface area (Å²) in [6.07, 6.45) is 1.43. The van der Waals surface area contributed by atoms with E-state index < -0.39 is 5.97 Å². The van der Waals surface area contributed by atoms with Gasteiger partial charge in [-0.2, -0.15) is 0 Å². The quantitative estimate of drug-likeness (QED) is 0.780. The lowest BCUT2D eigenvalue weighted by Gasteiger charge is -2.27. The number of carbonyl (C=O) groups is 2. The molecule has 1 aliphatic rings. The summed E-state index contributed by atoms with van der Waals surface area (Å²) in [4.78, 5) is 23.7. The van der Waals surface area contributed by atoms with Crippen LogP contribution in [-0.2, 0) is 4.79 Å². The second-order valence-corrected chi connectivity index (χ2v) is 5.04. The molecule has 0 radical (unpaired) electrons. The molecular formula is C11H17BrN2O3. The van der Waals surface area contributed by atoms with Crippen LogP contribution in [-0.4, -0.2) is 41.6 Å². The fraction of sp³-hybridized carbons (Fsp3) is 0.636. The predicted molar refractivity (Wildman–Crippen MR) is 68.1 cm³/mol. The molecule has 0 saturated heterocycles. The number of urea groups is 1. The topological polar surface area (TPSA) is 69.6 Å². The van der Waals surface area contributed by atoms with Crippen LogP contribution in [0.2, 0.25) is 0 Å². The molecule has 0 aromatic heterocycles. The summed E-state index contributed by atoms with van der Waals surface area (Å²) in [6, 6.07) is -0.125. The Bertz CT molecular complexity index is 342. The van der Waals surface area contributed by atoms with E-state index in [0.29, 0.717) is 26.1 Å². The molecular weight excluding hydrogens is 288 g/mol. The summed E-state index contributed by atoms with van der Waals surface area (Å²) >= 11 is 3.44. The number of hydrogen-bond donors (Lipinski definition) is 2. The molecule has 17 heavy (non-hydrogen) atoms. The lowest BCUT2D eigenvalue weighted by molar-refractivity contribution is -0.137. The first-order chi connectivity index (χ1) is 8.00. The van der Waals surface area contributed by atoms with Gasteiger partial charge in [-0.1, -0.05) is 21.5 Å². The third kappa shape index (κ3) is 4.77. The highest BCUT2D eigenvalue weighted by Crippen LogP contribution is 2.21. The number of amides is 2. The molecule has 0 fully saturated rings. The van der Waals surface area contributed by atoms with Crippen LogP contribution in [0.4, 0.5) is 4.79 Å². The van der Waals surface area contributed by atoms with Gasteiger partial charge in [0.2, 0.25) is 0 Å². The summed E-state index contributed by atoms with van der Waals surface area (Å²) in [5.41, 5.74) is 1.28. The molecule has 2 N–H and O–H groups in total. The van der Waals surface area contributed by atoms with Gasteiger partial charge in [-0.15, -0.1) is 0 Å². The van der Waals surface area contributed by atoms with Crippen LogP contribution >= 0.6 is 15.9 Å². The molecule has 0 aromatic carbocycles. The Morgan fingerprint density at radius 1 is 1.53 bits per heavy atom. The second kappa shape index (κ2) is 6.64. The van der Waals surface area contributed by atoms with E-state index in [1.54, 1.807) is 4.90 Å². The van der Waals surface area contributed by atoms with Gasteiger partial charge >= 0.3 is 12.0 Å². The third-order valence-electron chi connectivity index (χ3n) is 2.68. The molecule has 0 saturated carbocycles. The lowest BCUT2D eigenvalue weighted by Crippen LogP contribution is -2.43. The van der Waals surface area contributed by atoms with Gasteiger partial charge in [0, 0.05) is 24.0 Å². The van der Waals surface area contributed by atoms with Crippen molar-refractivity contribution < 1.29 is 14.7 Å². The van der Waals surface area contributed by atoms with Crippen molar-refractivity contribution >= 4 is 27.9 Å². The molecule has 1 aliphatic heterocycles. The normalized spacial score (nSPS) is 16.0. The van der Waals surface area contributed by atoms with Crippen molar-refractivity contribution in [3.63, 3.8) is 0 Å². The molecule has 0 bridgehead atoms. The van der Waals surface area contributed by atoms with Gasteiger partial charge in [0.1, 0.15) is 0 Å². The van der Waals surface area contributed by atoms with Crippen LogP contribution < -0.4 is 5.32 Å². The molecule has 0 spiro atoms. The average Bonchev–Trinajstić information content (AvgIpc) is 2.27. The van der Waals surface area contributed by atoms with Gasteiger partial charge in [0.25, 0.3) is 0 Å². The van der Waals surface area contributed by atoms with Crippen molar-refractivity contribution in [2.45, 2.75) is 26.2 Å². The first-order valence-electron chi connectivity index (χ1n) is 5.59. The smallest absolute Gasteiger partial charge is 0.317 e. The fourth-order valence-corrected chi connectivity index (χ4v) is 2.04. The highest BCUT2D eigenvalue weighted by molar-refractivity contribution is 9.11. The van der Waals surface area contributed by atoms with Crippen LogP contribution in [0.5, 0.6) is 0 Å². The number of carbonyl (C=O) groups excluding carboxylic acids is 1. The van der Waals surface area contributed by atoms with E-state index in [2.05, 4.69) is 21.2 Å². The maximum atomic E-state index is 11.7. The van der Waals surface area contributed by atoms with Gasteiger partial charge in [-0.25, -0.2) is 4.79 Å². The van der Waals surface area contributed by atoms with E-state index in [0.717, 1.165) is 10.9 Å². The van der Waals surface area contributed by atoms with E-state index in [9.17, 15) is 9.59 Å². The number of halogens is 1. The van der Waals surface area contributed by atoms with Gasteiger partial charge in [0.05, 0.1) is 6.54 Å². The van der Waals surface area contributed by atoms with Crippen molar-refractivity contribution in [1.29, 1.82) is 0 Å². The van der Waals surface area contributed by atoms with E-state index in [1.807, 2.05) is 6.92 Å². The van der Waals surface area contributed by atoms with Crippen molar-refractivity contribution in [3.05, 3.63) is 10.1 Å². The second-order valence-electron chi connectivity index (χ2n) is 4.09. The maximum absolute atomic E-state index is 11.7. The van der Waals surface area contributed by atoms with Gasteiger partial charge in [-0.05, 0) is 19.8 Å². The summed E-state index contributed by atoms with van der Waals surface area (Å²) in [7, 11) is 0. The predicted octanol–water partition coefficient (Wildman–Crippen LogP) is 1.94. The number of rotatable bonds is 4. The Labute approximate surface area is 109 Å². The minimum atomic E-state index is -0.835. The summed E-state index contributed by atoms with van der Waals surface area (Å²) < 4.78 is 1.06. The maximum Gasteiger partial charge on any atom is 0.317 e. The number of nitrogens with one attached hydrogen (secondary N) is 1. The molecule has 96 valence electrons. The minimum absolute atomic E-state index is 0.0863. The average molecular weight is 305 g/mol. The molecule has 0 unspecified atom stereocenters. The zero-order valence-corrected chi connectivity index (χ0v) is 11.4. The van der Waals surface area contributed by atoms with Crippen molar-refractivity contribution in [2.24, 2.45) is 0 Å². The monoisotopic (exact) mass is 304 g/mol. The molecule has 5 nitrogen and oxygen atoms in total. The van der Waals surface area contributed by atoms with Crippen LogP contribution in [0.15, 0.2) is 10.1 Å². The summed E-state index contributed by atoms with van der Waals surface area (Å²) in [6.45, 7) is 3.76. The molecule has 2 amide bonds. The van der Waals surface area contributed by atoms with Gasteiger partial charge < -0.3 is 15.3 Å². The van der Waals surface area contributed by atoms with E-state index >= 15 is 0 Å². The number of carboxylic acid groups (broad SMARTS) is 1. The van der Waals surface area contributed by atoms with Crippen LogP contribution in [0, 0.1) is 0 Å². The number of nitrogens with zero attached hydrogens (tertiary/aromatic N) is 1. The Morgan fingerprint density at radius 3 is 2.82 bits per heavy atom. The standard InChI is InChI=1S/C11H17BrN2O3/c1-8-4-6-14(7-9(8)12)11(17)13-5-2-3-10(15)16/h2-7H2,1H3,(H,13,17)(H,15,16). The number of carboxylic acids is 1. The molecule has 0 aliphatic carbocycles. The summed E-state index contributed by atoms with van der Waals surface area (Å²) in [5, 5.41) is 11.2. The van der Waals surface area contributed by atoms with Crippen LogP contribution in [0.1, 0.15) is 26.2 Å². The van der Waals surface area contributed by atoms with E-state index in [4.69, 9.17) is 5.11 Å². The zero-order valence-electron chi connectivity index (χ0n) is 9.83. The molecule has 0 atom stereocenters. The Balaban J connectivity index is 2.27. The first kappa shape index (κ1) is 14.0. The van der Waals surface area contributed by atoms with Gasteiger partial charge in [-0.3, -0.25) is 4.79 Å². The number of aliphatic carboxylic acids is 1. The highest BCUT2D eigenvalue weighted by atomic mass is 79.9.